The summed E-state index contributed by atoms with van der Waals surface area (Å²) in [5.74, 6) is 0. The van der Waals surface area contributed by atoms with Crippen LogP contribution in [0.25, 0.3) is 22.5 Å². The maximum absolute atomic E-state index is 11.5. The molecule has 118 valence electrons. The molecule has 0 atom stereocenters. The van der Waals surface area contributed by atoms with Gasteiger partial charge in [0.25, 0.3) is 0 Å². The summed E-state index contributed by atoms with van der Waals surface area (Å²) < 4.78 is 1.82. The van der Waals surface area contributed by atoms with Crippen molar-refractivity contribution < 1.29 is 9.59 Å². The van der Waals surface area contributed by atoms with Gasteiger partial charge in [0.1, 0.15) is 22.8 Å². The molecule has 6 heteroatoms. The lowest BCUT2D eigenvalue weighted by atomic mass is 10.1. The van der Waals surface area contributed by atoms with Gasteiger partial charge in [0.05, 0.1) is 0 Å². The summed E-state index contributed by atoms with van der Waals surface area (Å²) in [5.41, 5.74) is 2.61. The van der Waals surface area contributed by atoms with Crippen LogP contribution in [0.3, 0.4) is 0 Å². The second kappa shape index (κ2) is 7.15. The van der Waals surface area contributed by atoms with E-state index in [1.54, 1.807) is 0 Å². The van der Waals surface area contributed by atoms with Gasteiger partial charge in [0.2, 0.25) is 0 Å². The summed E-state index contributed by atoms with van der Waals surface area (Å²) in [7, 11) is 0. The SMILES string of the molecule is O=Cc1nc(-c2ccc(Br)cc2)c(C=O)nc1-c1ccc(Br)cc1. The molecule has 1 aromatic heterocycles. The minimum Gasteiger partial charge on any atom is -0.296 e. The molecule has 0 amide bonds. The van der Waals surface area contributed by atoms with Crippen molar-refractivity contribution >= 4 is 44.4 Å². The molecule has 0 N–H and O–H groups in total. The highest BCUT2D eigenvalue weighted by Crippen LogP contribution is 2.27. The lowest BCUT2D eigenvalue weighted by molar-refractivity contribution is 0.110. The Balaban J connectivity index is 2.19. The van der Waals surface area contributed by atoms with Gasteiger partial charge in [-0.05, 0) is 24.3 Å². The van der Waals surface area contributed by atoms with Crippen LogP contribution in [0.15, 0.2) is 57.5 Å². The third-order valence-electron chi connectivity index (χ3n) is 3.41. The Labute approximate surface area is 155 Å². The van der Waals surface area contributed by atoms with Crippen molar-refractivity contribution in [2.75, 3.05) is 0 Å². The first kappa shape index (κ1) is 16.7. The van der Waals surface area contributed by atoms with Crippen molar-refractivity contribution in [2.24, 2.45) is 0 Å². The molecule has 3 rings (SSSR count). The molecular weight excluding hydrogens is 436 g/mol. The summed E-state index contributed by atoms with van der Waals surface area (Å²) in [6, 6.07) is 14.6. The lowest BCUT2D eigenvalue weighted by Crippen LogP contribution is -2.04. The monoisotopic (exact) mass is 444 g/mol. The number of carbonyl (C=O) groups is 2. The van der Waals surface area contributed by atoms with Gasteiger partial charge >= 0.3 is 0 Å². The normalized spacial score (nSPS) is 10.4. The zero-order chi connectivity index (χ0) is 17.1. The van der Waals surface area contributed by atoms with E-state index in [4.69, 9.17) is 0 Å². The highest BCUT2D eigenvalue weighted by Gasteiger charge is 2.16. The van der Waals surface area contributed by atoms with Gasteiger partial charge in [0.15, 0.2) is 12.6 Å². The van der Waals surface area contributed by atoms with Gasteiger partial charge < -0.3 is 0 Å². The Morgan fingerprint density at radius 2 is 0.958 bits per heavy atom. The Morgan fingerprint density at radius 3 is 1.25 bits per heavy atom. The predicted molar refractivity (Wildman–Crippen MR) is 99.1 cm³/mol. The van der Waals surface area contributed by atoms with Crippen molar-refractivity contribution in [2.45, 2.75) is 0 Å². The van der Waals surface area contributed by atoms with Crippen molar-refractivity contribution in [3.05, 3.63) is 68.9 Å². The number of hydrogen-bond acceptors (Lipinski definition) is 4. The first-order valence-electron chi connectivity index (χ1n) is 6.96. The minimum absolute atomic E-state index is 0.195. The van der Waals surface area contributed by atoms with Gasteiger partial charge in [-0.15, -0.1) is 0 Å². The Hall–Kier alpha value is -2.18. The van der Waals surface area contributed by atoms with Gasteiger partial charge in [-0.2, -0.15) is 0 Å². The van der Waals surface area contributed by atoms with E-state index < -0.39 is 0 Å². The molecule has 0 bridgehead atoms. The van der Waals surface area contributed by atoms with Crippen molar-refractivity contribution in [3.8, 4) is 22.5 Å². The molecule has 0 saturated heterocycles. The number of benzene rings is 2. The largest absolute Gasteiger partial charge is 0.296 e. The average Bonchev–Trinajstić information content (AvgIpc) is 2.62. The molecule has 0 spiro atoms. The summed E-state index contributed by atoms with van der Waals surface area (Å²) >= 11 is 6.73. The smallest absolute Gasteiger partial charge is 0.170 e. The molecule has 0 aliphatic carbocycles. The van der Waals surface area contributed by atoms with E-state index in [0.29, 0.717) is 24.0 Å². The van der Waals surface area contributed by atoms with E-state index >= 15 is 0 Å². The van der Waals surface area contributed by atoms with E-state index in [0.717, 1.165) is 20.1 Å². The number of hydrogen-bond donors (Lipinski definition) is 0. The number of nitrogens with zero attached hydrogens (tertiary/aromatic N) is 2. The Kier molecular flexibility index (Phi) is 4.97. The molecule has 0 fully saturated rings. The Morgan fingerprint density at radius 1 is 0.625 bits per heavy atom. The third kappa shape index (κ3) is 3.34. The predicted octanol–water partition coefficient (Wildman–Crippen LogP) is 4.96. The van der Waals surface area contributed by atoms with Crippen molar-refractivity contribution in [1.82, 2.24) is 9.97 Å². The summed E-state index contributed by atoms with van der Waals surface area (Å²) in [4.78, 5) is 31.7. The Bertz CT molecular complexity index is 830. The fraction of sp³-hybridized carbons (Fsp3) is 0. The van der Waals surface area contributed by atoms with Crippen LogP contribution < -0.4 is 0 Å². The highest BCUT2D eigenvalue weighted by molar-refractivity contribution is 9.10. The van der Waals surface area contributed by atoms with E-state index in [-0.39, 0.29) is 11.4 Å². The van der Waals surface area contributed by atoms with Crippen LogP contribution in [0.1, 0.15) is 21.0 Å². The fourth-order valence-corrected chi connectivity index (χ4v) is 2.79. The van der Waals surface area contributed by atoms with Crippen LogP contribution in [-0.4, -0.2) is 22.5 Å². The highest BCUT2D eigenvalue weighted by atomic mass is 79.9. The second-order valence-corrected chi connectivity index (χ2v) is 6.77. The van der Waals surface area contributed by atoms with E-state index in [1.807, 2.05) is 48.5 Å². The summed E-state index contributed by atoms with van der Waals surface area (Å²) in [6.07, 6.45) is 1.31. The molecule has 4 nitrogen and oxygen atoms in total. The fourth-order valence-electron chi connectivity index (χ4n) is 2.27. The van der Waals surface area contributed by atoms with Crippen LogP contribution in [0.5, 0.6) is 0 Å². The molecule has 1 heterocycles. The summed E-state index contributed by atoms with van der Waals surface area (Å²) in [5, 5.41) is 0. The second-order valence-electron chi connectivity index (χ2n) is 4.94. The number of carbonyl (C=O) groups excluding carboxylic acids is 2. The van der Waals surface area contributed by atoms with Crippen LogP contribution in [-0.2, 0) is 0 Å². The number of halogens is 2. The van der Waals surface area contributed by atoms with Crippen LogP contribution in [0.2, 0.25) is 0 Å². The first-order chi connectivity index (χ1) is 11.6. The topological polar surface area (TPSA) is 59.9 Å². The van der Waals surface area contributed by atoms with Crippen LogP contribution >= 0.6 is 31.9 Å². The maximum Gasteiger partial charge on any atom is 0.170 e. The van der Waals surface area contributed by atoms with Crippen molar-refractivity contribution in [3.63, 3.8) is 0 Å². The molecule has 0 aliphatic rings. The van der Waals surface area contributed by atoms with Crippen LogP contribution in [0.4, 0.5) is 0 Å². The van der Waals surface area contributed by atoms with Gasteiger partial charge in [-0.25, -0.2) is 9.97 Å². The molecule has 0 unspecified atom stereocenters. The van der Waals surface area contributed by atoms with Crippen LogP contribution in [0, 0.1) is 0 Å². The third-order valence-corrected chi connectivity index (χ3v) is 4.47. The number of rotatable bonds is 4. The number of aromatic nitrogens is 2. The molecule has 0 saturated carbocycles. The molecule has 2 aromatic carbocycles. The summed E-state index contributed by atoms with van der Waals surface area (Å²) in [6.45, 7) is 0. The maximum atomic E-state index is 11.5. The molecule has 24 heavy (non-hydrogen) atoms. The van der Waals surface area contributed by atoms with Gasteiger partial charge in [-0.1, -0.05) is 56.1 Å². The van der Waals surface area contributed by atoms with E-state index in [1.165, 1.54) is 0 Å². The molecular formula is C18H10Br2N2O2. The molecule has 0 aliphatic heterocycles. The number of aldehydes is 2. The van der Waals surface area contributed by atoms with E-state index in [2.05, 4.69) is 41.8 Å². The average molecular weight is 446 g/mol. The first-order valence-corrected chi connectivity index (χ1v) is 8.55. The van der Waals surface area contributed by atoms with Gasteiger partial charge in [-0.3, -0.25) is 9.59 Å². The molecule has 0 radical (unpaired) electrons. The molecule has 3 aromatic rings. The standard InChI is InChI=1S/C18H10Br2N2O2/c19-13-5-1-11(2-6-13)17-15(9-23)22-18(16(10-24)21-17)12-3-7-14(20)8-4-12/h1-10H. The van der Waals surface area contributed by atoms with Crippen molar-refractivity contribution in [1.29, 1.82) is 0 Å². The quantitative estimate of drug-likeness (QED) is 0.532. The zero-order valence-electron chi connectivity index (χ0n) is 12.2. The van der Waals surface area contributed by atoms with E-state index in [9.17, 15) is 9.59 Å². The zero-order valence-corrected chi connectivity index (χ0v) is 15.4. The van der Waals surface area contributed by atoms with Gasteiger partial charge in [0, 0.05) is 20.1 Å². The minimum atomic E-state index is 0.195. The lowest BCUT2D eigenvalue weighted by Gasteiger charge is -2.10.